The molecule has 0 aromatic carbocycles. The van der Waals surface area contributed by atoms with Crippen molar-refractivity contribution in [3.63, 3.8) is 0 Å². The van der Waals surface area contributed by atoms with Crippen LogP contribution in [0.2, 0.25) is 0 Å². The molecule has 3 aliphatic rings. The predicted molar refractivity (Wildman–Crippen MR) is 296 cm³/mol. The number of amides is 1. The van der Waals surface area contributed by atoms with Gasteiger partial charge in [-0.25, -0.2) is 0 Å². The monoisotopic (exact) mass is 1120 g/mol. The summed E-state index contributed by atoms with van der Waals surface area (Å²) >= 11 is 0. The van der Waals surface area contributed by atoms with E-state index >= 15 is 0 Å². The van der Waals surface area contributed by atoms with Gasteiger partial charge in [-0.2, -0.15) is 0 Å². The minimum atomic E-state index is -1.97. The van der Waals surface area contributed by atoms with E-state index in [1.165, 1.54) is 148 Å². The summed E-state index contributed by atoms with van der Waals surface area (Å²) in [6.45, 7) is 1.77. The standard InChI is InChI=1S/C59H111NO18/c1-3-5-7-9-11-13-15-16-17-18-19-20-21-22-23-24-25-26-27-29-31-33-35-37-47(65)60-42(43(64)36-34-32-30-28-14-12-10-8-6-4-2)41-73-57-53(71)50(68)55(45(39-62)75-57)78-59-54(72)51(69)56(46(40-63)76-59)77-58-52(70)49(67)48(66)44(38-61)74-58/h18-19,42-46,48-59,61-64,66-72H,3-17,20-41H2,1-2H3,(H,60,65)/b19-18-. The first-order valence-corrected chi connectivity index (χ1v) is 30.9. The summed E-state index contributed by atoms with van der Waals surface area (Å²) in [6.07, 6.45) is 16.0. The fourth-order valence-electron chi connectivity index (χ4n) is 10.7. The first kappa shape index (κ1) is 70.8. The van der Waals surface area contributed by atoms with Crippen LogP contribution >= 0.6 is 0 Å². The summed E-state index contributed by atoms with van der Waals surface area (Å²) in [5.41, 5.74) is 0. The lowest BCUT2D eigenvalue weighted by Crippen LogP contribution is -2.66. The van der Waals surface area contributed by atoms with Crippen LogP contribution < -0.4 is 5.32 Å². The molecule has 1 amide bonds. The maximum atomic E-state index is 13.3. The van der Waals surface area contributed by atoms with E-state index in [1.54, 1.807) is 0 Å². The third kappa shape index (κ3) is 26.8. The van der Waals surface area contributed by atoms with Crippen LogP contribution in [0.25, 0.3) is 0 Å². The second-order valence-electron chi connectivity index (χ2n) is 22.5. The van der Waals surface area contributed by atoms with Crippen molar-refractivity contribution in [2.24, 2.45) is 0 Å². The van der Waals surface area contributed by atoms with Gasteiger partial charge in [-0.05, 0) is 38.5 Å². The summed E-state index contributed by atoms with van der Waals surface area (Å²) in [6, 6.07) is -0.882. The highest BCUT2D eigenvalue weighted by atomic mass is 16.8. The van der Waals surface area contributed by atoms with Gasteiger partial charge in [0.1, 0.15) is 73.2 Å². The van der Waals surface area contributed by atoms with E-state index in [-0.39, 0.29) is 18.9 Å². The van der Waals surface area contributed by atoms with Gasteiger partial charge >= 0.3 is 0 Å². The van der Waals surface area contributed by atoms with Gasteiger partial charge in [-0.15, -0.1) is 0 Å². The average Bonchev–Trinajstić information content (AvgIpc) is 3.49. The van der Waals surface area contributed by atoms with Gasteiger partial charge in [0.05, 0.1) is 38.6 Å². The minimum Gasteiger partial charge on any atom is -0.394 e. The maximum absolute atomic E-state index is 13.3. The Morgan fingerprint density at radius 2 is 0.808 bits per heavy atom. The molecule has 0 radical (unpaired) electrons. The van der Waals surface area contributed by atoms with Crippen molar-refractivity contribution in [1.82, 2.24) is 5.32 Å². The number of carbonyl (C=O) groups excluding carboxylic acids is 1. The highest BCUT2D eigenvalue weighted by Crippen LogP contribution is 2.33. The normalized spacial score (nSPS) is 30.5. The highest BCUT2D eigenvalue weighted by molar-refractivity contribution is 5.76. The first-order chi connectivity index (χ1) is 37.8. The Balaban J connectivity index is 1.43. The molecule has 3 aliphatic heterocycles. The lowest BCUT2D eigenvalue weighted by molar-refractivity contribution is -0.379. The van der Waals surface area contributed by atoms with Gasteiger partial charge in [0.15, 0.2) is 18.9 Å². The number of hydrogen-bond acceptors (Lipinski definition) is 18. The number of unbranched alkanes of at least 4 members (excludes halogenated alkanes) is 28. The topological polar surface area (TPSA) is 307 Å². The summed E-state index contributed by atoms with van der Waals surface area (Å²) in [7, 11) is 0. The molecule has 0 aromatic heterocycles. The smallest absolute Gasteiger partial charge is 0.220 e. The molecule has 0 spiro atoms. The molecule has 12 N–H and O–H groups in total. The molecule has 19 nitrogen and oxygen atoms in total. The molecule has 3 rings (SSSR count). The lowest BCUT2D eigenvalue weighted by atomic mass is 9.96. The molecule has 0 bridgehead atoms. The Kier molecular flexibility index (Phi) is 39.2. The zero-order valence-corrected chi connectivity index (χ0v) is 47.9. The Bertz CT molecular complexity index is 1480. The van der Waals surface area contributed by atoms with Crippen LogP contribution in [0.5, 0.6) is 0 Å². The molecule has 460 valence electrons. The minimum absolute atomic E-state index is 0.244. The van der Waals surface area contributed by atoms with E-state index in [1.807, 2.05) is 0 Å². The fourth-order valence-corrected chi connectivity index (χ4v) is 10.7. The van der Waals surface area contributed by atoms with Crippen LogP contribution in [0.3, 0.4) is 0 Å². The van der Waals surface area contributed by atoms with Crippen molar-refractivity contribution in [3.8, 4) is 0 Å². The molecule has 78 heavy (non-hydrogen) atoms. The van der Waals surface area contributed by atoms with Crippen LogP contribution in [-0.4, -0.2) is 193 Å². The number of carbonyl (C=O) groups is 1. The molecular weight excluding hydrogens is 1010 g/mol. The van der Waals surface area contributed by atoms with Crippen LogP contribution in [0, 0.1) is 0 Å². The first-order valence-electron chi connectivity index (χ1n) is 30.9. The van der Waals surface area contributed by atoms with E-state index < -0.39 is 124 Å². The van der Waals surface area contributed by atoms with Crippen LogP contribution in [0.1, 0.15) is 226 Å². The number of ether oxygens (including phenoxy) is 6. The Morgan fingerprint density at radius 3 is 1.24 bits per heavy atom. The Morgan fingerprint density at radius 1 is 0.449 bits per heavy atom. The van der Waals surface area contributed by atoms with Gasteiger partial charge in [0, 0.05) is 6.42 Å². The zero-order valence-electron chi connectivity index (χ0n) is 47.9. The van der Waals surface area contributed by atoms with Crippen molar-refractivity contribution in [2.45, 2.75) is 330 Å². The van der Waals surface area contributed by atoms with Crippen molar-refractivity contribution in [1.29, 1.82) is 0 Å². The van der Waals surface area contributed by atoms with Gasteiger partial charge in [-0.1, -0.05) is 193 Å². The number of allylic oxidation sites excluding steroid dienone is 2. The molecule has 17 unspecified atom stereocenters. The van der Waals surface area contributed by atoms with Crippen LogP contribution in [0.4, 0.5) is 0 Å². The van der Waals surface area contributed by atoms with E-state index in [2.05, 4.69) is 31.3 Å². The number of aliphatic hydroxyl groups excluding tert-OH is 11. The lowest BCUT2D eigenvalue weighted by Gasteiger charge is -2.48. The molecule has 17 atom stereocenters. The third-order valence-electron chi connectivity index (χ3n) is 15.8. The van der Waals surface area contributed by atoms with E-state index in [0.717, 1.165) is 44.9 Å². The third-order valence-corrected chi connectivity index (χ3v) is 15.8. The molecule has 0 aromatic rings. The van der Waals surface area contributed by atoms with Gasteiger partial charge in [-0.3, -0.25) is 4.79 Å². The molecule has 19 heteroatoms. The van der Waals surface area contributed by atoms with Crippen LogP contribution in [-0.2, 0) is 33.2 Å². The summed E-state index contributed by atoms with van der Waals surface area (Å²) in [4.78, 5) is 13.3. The Hall–Kier alpha value is -1.47. The molecule has 0 aliphatic carbocycles. The van der Waals surface area contributed by atoms with Gasteiger partial charge in [0.2, 0.25) is 5.91 Å². The van der Waals surface area contributed by atoms with Gasteiger partial charge < -0.3 is 89.9 Å². The molecule has 3 saturated heterocycles. The highest BCUT2D eigenvalue weighted by Gasteiger charge is 2.53. The second-order valence-corrected chi connectivity index (χ2v) is 22.5. The van der Waals surface area contributed by atoms with Crippen LogP contribution in [0.15, 0.2) is 12.2 Å². The summed E-state index contributed by atoms with van der Waals surface area (Å²) < 4.78 is 34.3. The predicted octanol–water partition coefficient (Wildman–Crippen LogP) is 5.77. The van der Waals surface area contributed by atoms with Gasteiger partial charge in [0.25, 0.3) is 0 Å². The maximum Gasteiger partial charge on any atom is 0.220 e. The van der Waals surface area contributed by atoms with Crippen molar-refractivity contribution in [3.05, 3.63) is 12.2 Å². The quantitative estimate of drug-likeness (QED) is 0.0254. The average molecular weight is 1120 g/mol. The summed E-state index contributed by atoms with van der Waals surface area (Å²) in [5, 5.41) is 120. The molecule has 3 heterocycles. The summed E-state index contributed by atoms with van der Waals surface area (Å²) in [5.74, 6) is -0.244. The van der Waals surface area contributed by atoms with Crippen molar-refractivity contribution >= 4 is 5.91 Å². The van der Waals surface area contributed by atoms with E-state index in [0.29, 0.717) is 12.8 Å². The van der Waals surface area contributed by atoms with Crippen molar-refractivity contribution < 1.29 is 89.4 Å². The Labute approximate surface area is 467 Å². The number of rotatable bonds is 46. The number of aliphatic hydroxyl groups is 11. The molecular formula is C59H111NO18. The molecule has 3 fully saturated rings. The van der Waals surface area contributed by atoms with E-state index in [9.17, 15) is 61.0 Å². The SMILES string of the molecule is CCCCCCCCCC/C=C\CCCCCCCCCCCCCC(=O)NC(COC1OC(CO)C(OC2OC(CO)C(OC3OC(CO)C(O)C(O)C3O)C(O)C2O)C(O)C1O)C(O)CCCCCCCCCCCC. The molecule has 0 saturated carbocycles. The number of nitrogens with one attached hydrogen (secondary N) is 1. The second kappa shape index (κ2) is 43.2. The zero-order chi connectivity index (χ0) is 56.9. The fraction of sp³-hybridized carbons (Fsp3) is 0.949. The van der Waals surface area contributed by atoms with E-state index in [4.69, 9.17) is 28.4 Å². The number of hydrogen-bond donors (Lipinski definition) is 12. The largest absolute Gasteiger partial charge is 0.394 e. The van der Waals surface area contributed by atoms with Crippen molar-refractivity contribution in [2.75, 3.05) is 26.4 Å².